The second-order valence-corrected chi connectivity index (χ2v) is 4.95. The number of nitrogens with zero attached hydrogens (tertiary/aromatic N) is 3. The first kappa shape index (κ1) is 13.1. The number of rotatable bonds is 3. The maximum atomic E-state index is 12.4. The summed E-state index contributed by atoms with van der Waals surface area (Å²) in [6, 6.07) is 7.97. The van der Waals surface area contributed by atoms with Crippen LogP contribution in [0.5, 0.6) is 0 Å². The van der Waals surface area contributed by atoms with Gasteiger partial charge in [0.15, 0.2) is 0 Å². The lowest BCUT2D eigenvalue weighted by atomic mass is 10.3. The molecule has 0 bridgehead atoms. The van der Waals surface area contributed by atoms with Gasteiger partial charge in [0.1, 0.15) is 12.4 Å². The van der Waals surface area contributed by atoms with Crippen LogP contribution in [-0.4, -0.2) is 46.7 Å². The minimum atomic E-state index is 0.145. The lowest BCUT2D eigenvalue weighted by Crippen LogP contribution is -2.42. The van der Waals surface area contributed by atoms with E-state index in [1.54, 1.807) is 0 Å². The summed E-state index contributed by atoms with van der Waals surface area (Å²) < 4.78 is 7.32. The van der Waals surface area contributed by atoms with E-state index in [-0.39, 0.29) is 5.91 Å². The molecule has 0 unspecified atom stereocenters. The van der Waals surface area contributed by atoms with Gasteiger partial charge in [-0.05, 0) is 12.1 Å². The number of amides is 1. The number of ether oxygens (including phenoxy) is 1. The molecule has 0 spiro atoms. The third kappa shape index (κ3) is 2.41. The molecule has 0 saturated carbocycles. The number of benzene rings is 1. The van der Waals surface area contributed by atoms with Crippen LogP contribution in [0.1, 0.15) is 12.7 Å². The Hall–Kier alpha value is -1.88. The van der Waals surface area contributed by atoms with Crippen molar-refractivity contribution in [1.82, 2.24) is 14.5 Å². The van der Waals surface area contributed by atoms with Crippen LogP contribution in [0, 0.1) is 0 Å². The number of hydrogen-bond acceptors (Lipinski definition) is 3. The van der Waals surface area contributed by atoms with Crippen LogP contribution in [0.3, 0.4) is 0 Å². The Balaban J connectivity index is 1.87. The second kappa shape index (κ2) is 5.63. The van der Waals surface area contributed by atoms with Crippen molar-refractivity contribution in [2.45, 2.75) is 19.9 Å². The molecule has 0 radical (unpaired) electrons. The Bertz CT molecular complexity index is 615. The van der Waals surface area contributed by atoms with E-state index in [9.17, 15) is 4.79 Å². The van der Waals surface area contributed by atoms with Gasteiger partial charge >= 0.3 is 0 Å². The first-order chi connectivity index (χ1) is 9.79. The molecule has 1 amide bonds. The molecule has 1 aliphatic heterocycles. The van der Waals surface area contributed by atoms with Crippen LogP contribution in [-0.2, 0) is 22.5 Å². The predicted octanol–water partition coefficient (Wildman–Crippen LogP) is 1.46. The summed E-state index contributed by atoms with van der Waals surface area (Å²) in [7, 11) is 0. The summed E-state index contributed by atoms with van der Waals surface area (Å²) in [6.07, 6.45) is 0.824. The molecule has 1 aromatic heterocycles. The molecule has 0 N–H and O–H groups in total. The topological polar surface area (TPSA) is 47.4 Å². The number of morpholine rings is 1. The number of aromatic nitrogens is 2. The minimum absolute atomic E-state index is 0.145. The minimum Gasteiger partial charge on any atom is -0.378 e. The molecule has 1 fully saturated rings. The maximum Gasteiger partial charge on any atom is 0.242 e. The lowest BCUT2D eigenvalue weighted by molar-refractivity contribution is -0.135. The maximum absolute atomic E-state index is 12.4. The van der Waals surface area contributed by atoms with Gasteiger partial charge in [0.2, 0.25) is 5.91 Å². The van der Waals surface area contributed by atoms with Gasteiger partial charge < -0.3 is 14.2 Å². The number of fused-ring (bicyclic) bond motifs is 1. The van der Waals surface area contributed by atoms with Crippen molar-refractivity contribution >= 4 is 16.9 Å². The third-order valence-corrected chi connectivity index (χ3v) is 3.71. The molecular weight excluding hydrogens is 254 g/mol. The molecule has 0 aliphatic carbocycles. The van der Waals surface area contributed by atoms with Crippen molar-refractivity contribution in [3.8, 4) is 0 Å². The fourth-order valence-electron chi connectivity index (χ4n) is 2.62. The molecule has 5 nitrogen and oxygen atoms in total. The molecule has 106 valence electrons. The Kier molecular flexibility index (Phi) is 3.69. The summed E-state index contributed by atoms with van der Waals surface area (Å²) in [5.74, 6) is 1.11. The highest BCUT2D eigenvalue weighted by Gasteiger charge is 2.19. The van der Waals surface area contributed by atoms with Gasteiger partial charge in [0, 0.05) is 19.5 Å². The summed E-state index contributed by atoms with van der Waals surface area (Å²) >= 11 is 0. The summed E-state index contributed by atoms with van der Waals surface area (Å²) in [5.41, 5.74) is 1.99. The van der Waals surface area contributed by atoms with Crippen molar-refractivity contribution < 1.29 is 9.53 Å². The van der Waals surface area contributed by atoms with E-state index in [0.717, 1.165) is 23.3 Å². The zero-order valence-electron chi connectivity index (χ0n) is 11.7. The first-order valence-electron chi connectivity index (χ1n) is 7.09. The number of carbonyl (C=O) groups is 1. The van der Waals surface area contributed by atoms with Gasteiger partial charge in [-0.2, -0.15) is 0 Å². The highest BCUT2D eigenvalue weighted by Crippen LogP contribution is 2.17. The number of hydrogen-bond donors (Lipinski definition) is 0. The molecule has 1 aromatic carbocycles. The van der Waals surface area contributed by atoms with E-state index in [1.165, 1.54) is 0 Å². The van der Waals surface area contributed by atoms with E-state index < -0.39 is 0 Å². The molecule has 2 aromatic rings. The molecule has 5 heteroatoms. The fraction of sp³-hybridized carbons (Fsp3) is 0.467. The number of para-hydroxylation sites is 2. The number of aryl methyl sites for hydroxylation is 1. The van der Waals surface area contributed by atoms with Gasteiger partial charge in [-0.1, -0.05) is 19.1 Å². The van der Waals surface area contributed by atoms with E-state index in [2.05, 4.69) is 11.9 Å². The van der Waals surface area contributed by atoms with Crippen molar-refractivity contribution in [1.29, 1.82) is 0 Å². The zero-order valence-corrected chi connectivity index (χ0v) is 11.7. The normalized spacial score (nSPS) is 15.8. The second-order valence-electron chi connectivity index (χ2n) is 4.95. The van der Waals surface area contributed by atoms with Crippen LogP contribution in [0.2, 0.25) is 0 Å². The molecule has 1 saturated heterocycles. The van der Waals surface area contributed by atoms with Gasteiger partial charge in [0.25, 0.3) is 0 Å². The molecular formula is C15H19N3O2. The highest BCUT2D eigenvalue weighted by atomic mass is 16.5. The monoisotopic (exact) mass is 273 g/mol. The number of imidazole rings is 1. The SMILES string of the molecule is CCc1nc2ccccc2n1CC(=O)N1CCOCC1. The van der Waals surface area contributed by atoms with Crippen LogP contribution in [0.4, 0.5) is 0 Å². The summed E-state index contributed by atoms with van der Waals surface area (Å²) in [4.78, 5) is 18.9. The van der Waals surface area contributed by atoms with E-state index in [4.69, 9.17) is 4.74 Å². The van der Waals surface area contributed by atoms with E-state index in [0.29, 0.717) is 32.8 Å². The fourth-order valence-corrected chi connectivity index (χ4v) is 2.62. The van der Waals surface area contributed by atoms with Gasteiger partial charge in [0.05, 0.1) is 24.2 Å². The van der Waals surface area contributed by atoms with Crippen LogP contribution < -0.4 is 0 Å². The van der Waals surface area contributed by atoms with Crippen molar-refractivity contribution in [3.05, 3.63) is 30.1 Å². The average molecular weight is 273 g/mol. The molecule has 1 aliphatic rings. The summed E-state index contributed by atoms with van der Waals surface area (Å²) in [5, 5.41) is 0. The van der Waals surface area contributed by atoms with Crippen molar-refractivity contribution in [2.75, 3.05) is 26.3 Å². The van der Waals surface area contributed by atoms with Gasteiger partial charge in [-0.3, -0.25) is 4.79 Å². The largest absolute Gasteiger partial charge is 0.378 e. The quantitative estimate of drug-likeness (QED) is 0.850. The van der Waals surface area contributed by atoms with E-state index in [1.807, 2.05) is 33.7 Å². The van der Waals surface area contributed by atoms with Crippen molar-refractivity contribution in [3.63, 3.8) is 0 Å². The van der Waals surface area contributed by atoms with Crippen molar-refractivity contribution in [2.24, 2.45) is 0 Å². The first-order valence-corrected chi connectivity index (χ1v) is 7.09. The zero-order chi connectivity index (χ0) is 13.9. The highest BCUT2D eigenvalue weighted by molar-refractivity contribution is 5.81. The Morgan fingerprint density at radius 2 is 2.05 bits per heavy atom. The third-order valence-electron chi connectivity index (χ3n) is 3.71. The van der Waals surface area contributed by atoms with Crippen LogP contribution in [0.25, 0.3) is 11.0 Å². The molecule has 2 heterocycles. The Labute approximate surface area is 118 Å². The standard InChI is InChI=1S/C15H19N3O2/c1-2-14-16-12-5-3-4-6-13(12)18(14)11-15(19)17-7-9-20-10-8-17/h3-6H,2,7-11H2,1H3. The predicted molar refractivity (Wildman–Crippen MR) is 76.5 cm³/mol. The summed E-state index contributed by atoms with van der Waals surface area (Å²) in [6.45, 7) is 5.08. The average Bonchev–Trinajstić information content (AvgIpc) is 2.86. The van der Waals surface area contributed by atoms with Crippen LogP contribution >= 0.6 is 0 Å². The smallest absolute Gasteiger partial charge is 0.242 e. The number of carbonyl (C=O) groups excluding carboxylic acids is 1. The van der Waals surface area contributed by atoms with Crippen LogP contribution in [0.15, 0.2) is 24.3 Å². The van der Waals surface area contributed by atoms with Gasteiger partial charge in [-0.15, -0.1) is 0 Å². The molecule has 0 atom stereocenters. The molecule has 20 heavy (non-hydrogen) atoms. The molecule has 3 rings (SSSR count). The van der Waals surface area contributed by atoms with Gasteiger partial charge in [-0.25, -0.2) is 4.98 Å². The Morgan fingerprint density at radius 1 is 1.30 bits per heavy atom. The lowest BCUT2D eigenvalue weighted by Gasteiger charge is -2.27. The Morgan fingerprint density at radius 3 is 2.80 bits per heavy atom. The van der Waals surface area contributed by atoms with E-state index >= 15 is 0 Å².